The van der Waals surface area contributed by atoms with Gasteiger partial charge in [-0.3, -0.25) is 4.90 Å². The molecule has 0 radical (unpaired) electrons. The number of pyridine rings is 1. The lowest BCUT2D eigenvalue weighted by atomic mass is 10.2. The number of nitrogens with one attached hydrogen (secondary N) is 2. The normalized spacial score (nSPS) is 14.7. The number of carbonyl (C=O) groups is 1. The summed E-state index contributed by atoms with van der Waals surface area (Å²) in [5.41, 5.74) is 3.50. The van der Waals surface area contributed by atoms with Gasteiger partial charge in [0.15, 0.2) is 5.82 Å². The van der Waals surface area contributed by atoms with Crippen LogP contribution in [0.25, 0.3) is 22.5 Å². The van der Waals surface area contributed by atoms with E-state index in [2.05, 4.69) is 51.2 Å². The van der Waals surface area contributed by atoms with Crippen LogP contribution in [-0.2, 0) is 6.54 Å². The molecule has 1 saturated heterocycles. The predicted octanol–water partition coefficient (Wildman–Crippen LogP) is 3.62. The van der Waals surface area contributed by atoms with E-state index >= 15 is 0 Å². The first-order chi connectivity index (χ1) is 15.9. The average Bonchev–Trinajstić information content (AvgIpc) is 3.41. The molecule has 0 aliphatic carbocycles. The minimum absolute atomic E-state index is 0.460. The number of hydrogen-bond donors (Lipinski definition) is 3. The molecule has 4 heterocycles. The summed E-state index contributed by atoms with van der Waals surface area (Å²) in [6.45, 7) is 4.86. The van der Waals surface area contributed by atoms with Crippen molar-refractivity contribution in [3.8, 4) is 11.5 Å². The van der Waals surface area contributed by atoms with Crippen LogP contribution in [0.3, 0.4) is 0 Å². The minimum atomic E-state index is -0.864. The Kier molecular flexibility index (Phi) is 5.68. The second-order valence-corrected chi connectivity index (χ2v) is 8.65. The highest BCUT2D eigenvalue weighted by Crippen LogP contribution is 2.26. The molecule has 0 spiro atoms. The number of imidazole rings is 1. The molecule has 170 valence electrons. The highest BCUT2D eigenvalue weighted by atomic mass is 79.9. The Balaban J connectivity index is 1.30. The van der Waals surface area contributed by atoms with Crippen molar-refractivity contribution in [3.63, 3.8) is 0 Å². The van der Waals surface area contributed by atoms with E-state index in [0.29, 0.717) is 56.2 Å². The van der Waals surface area contributed by atoms with Gasteiger partial charge in [-0.1, -0.05) is 5.16 Å². The Labute approximate surface area is 197 Å². The summed E-state index contributed by atoms with van der Waals surface area (Å²) in [5.74, 6) is 2.27. The van der Waals surface area contributed by atoms with Gasteiger partial charge in [-0.2, -0.15) is 4.98 Å². The molecule has 0 bridgehead atoms. The van der Waals surface area contributed by atoms with Crippen LogP contribution >= 0.6 is 15.9 Å². The molecule has 1 aromatic carbocycles. The molecule has 1 aliphatic rings. The van der Waals surface area contributed by atoms with E-state index in [0.717, 1.165) is 26.6 Å². The van der Waals surface area contributed by atoms with Gasteiger partial charge in [0.1, 0.15) is 5.82 Å². The van der Waals surface area contributed by atoms with Crippen molar-refractivity contribution in [1.82, 2.24) is 34.9 Å². The Morgan fingerprint density at radius 3 is 2.79 bits per heavy atom. The fraction of sp³-hybridized carbons (Fsp3) is 0.286. The third kappa shape index (κ3) is 4.66. The predicted molar refractivity (Wildman–Crippen MR) is 124 cm³/mol. The van der Waals surface area contributed by atoms with Gasteiger partial charge in [0.25, 0.3) is 5.89 Å². The number of aromatic nitrogens is 5. The van der Waals surface area contributed by atoms with Gasteiger partial charge in [0, 0.05) is 49.0 Å². The van der Waals surface area contributed by atoms with Crippen molar-refractivity contribution in [1.29, 1.82) is 0 Å². The summed E-state index contributed by atoms with van der Waals surface area (Å²) >= 11 is 3.57. The number of fused-ring (bicyclic) bond motifs is 1. The Hall–Kier alpha value is -3.51. The number of hydrogen-bond acceptors (Lipinski definition) is 8. The van der Waals surface area contributed by atoms with Crippen LogP contribution in [-0.4, -0.2) is 72.3 Å². The maximum Gasteiger partial charge on any atom is 0.407 e. The fourth-order valence-corrected chi connectivity index (χ4v) is 4.09. The SMILES string of the molecule is Cc1noc(-c2ccc3nc(Nc4cc(CN5CCN(C(=O)O)CC5)c(Br)cn4)[nH]c3c2)n1. The maximum absolute atomic E-state index is 11.1. The van der Waals surface area contributed by atoms with Crippen LogP contribution in [0.1, 0.15) is 11.4 Å². The van der Waals surface area contributed by atoms with Gasteiger partial charge in [-0.25, -0.2) is 14.8 Å². The lowest BCUT2D eigenvalue weighted by Gasteiger charge is -2.33. The zero-order chi connectivity index (χ0) is 22.9. The van der Waals surface area contributed by atoms with Crippen LogP contribution in [0.5, 0.6) is 0 Å². The Morgan fingerprint density at radius 1 is 1.24 bits per heavy atom. The fourth-order valence-electron chi connectivity index (χ4n) is 3.75. The molecule has 1 aliphatic heterocycles. The summed E-state index contributed by atoms with van der Waals surface area (Å²) in [6, 6.07) is 7.66. The van der Waals surface area contributed by atoms with Crippen molar-refractivity contribution in [2.75, 3.05) is 31.5 Å². The van der Waals surface area contributed by atoms with Crippen molar-refractivity contribution in [2.45, 2.75) is 13.5 Å². The smallest absolute Gasteiger partial charge is 0.407 e. The van der Waals surface area contributed by atoms with Crippen LogP contribution in [0, 0.1) is 6.92 Å². The van der Waals surface area contributed by atoms with Crippen molar-refractivity contribution < 1.29 is 14.4 Å². The topological polar surface area (TPSA) is 136 Å². The van der Waals surface area contributed by atoms with Crippen molar-refractivity contribution >= 4 is 44.8 Å². The number of amides is 1. The molecule has 33 heavy (non-hydrogen) atoms. The number of H-pyrrole nitrogens is 1. The number of nitrogens with zero attached hydrogens (tertiary/aromatic N) is 6. The molecule has 12 heteroatoms. The second kappa shape index (κ2) is 8.79. The van der Waals surface area contributed by atoms with Gasteiger partial charge in [0.2, 0.25) is 5.95 Å². The number of carboxylic acid groups (broad SMARTS) is 1. The van der Waals surface area contributed by atoms with Crippen molar-refractivity contribution in [2.24, 2.45) is 0 Å². The third-order valence-electron chi connectivity index (χ3n) is 5.47. The molecule has 0 atom stereocenters. The number of anilines is 2. The van der Waals surface area contributed by atoms with Gasteiger partial charge in [-0.15, -0.1) is 0 Å². The van der Waals surface area contributed by atoms with E-state index in [4.69, 9.17) is 9.63 Å². The number of aromatic amines is 1. The summed E-state index contributed by atoms with van der Waals surface area (Å²) in [7, 11) is 0. The molecule has 1 fully saturated rings. The molecule has 1 amide bonds. The third-order valence-corrected chi connectivity index (χ3v) is 6.19. The molecular formula is C21H21BrN8O3. The molecule has 3 N–H and O–H groups in total. The van der Waals surface area contributed by atoms with Crippen molar-refractivity contribution in [3.05, 3.63) is 46.3 Å². The van der Waals surface area contributed by atoms with E-state index in [-0.39, 0.29) is 0 Å². The first kappa shape index (κ1) is 21.3. The first-order valence-corrected chi connectivity index (χ1v) is 11.2. The van der Waals surface area contributed by atoms with Crippen LogP contribution < -0.4 is 5.32 Å². The lowest BCUT2D eigenvalue weighted by Crippen LogP contribution is -2.47. The highest BCUT2D eigenvalue weighted by Gasteiger charge is 2.21. The highest BCUT2D eigenvalue weighted by molar-refractivity contribution is 9.10. The Bertz CT molecular complexity index is 1310. The molecular weight excluding hydrogens is 492 g/mol. The first-order valence-electron chi connectivity index (χ1n) is 10.4. The zero-order valence-corrected chi connectivity index (χ0v) is 19.3. The van der Waals surface area contributed by atoms with Crippen LogP contribution in [0.15, 0.2) is 39.5 Å². The number of halogens is 1. The molecule has 11 nitrogen and oxygen atoms in total. The summed E-state index contributed by atoms with van der Waals surface area (Å²) in [5, 5.41) is 16.2. The van der Waals surface area contributed by atoms with E-state index < -0.39 is 6.09 Å². The minimum Gasteiger partial charge on any atom is -0.465 e. The summed E-state index contributed by atoms with van der Waals surface area (Å²) in [4.78, 5) is 31.3. The van der Waals surface area contributed by atoms with Gasteiger partial charge < -0.3 is 24.8 Å². The lowest BCUT2D eigenvalue weighted by molar-refractivity contribution is 0.103. The van der Waals surface area contributed by atoms with Gasteiger partial charge in [0.05, 0.1) is 11.0 Å². The molecule has 0 unspecified atom stereocenters. The Morgan fingerprint density at radius 2 is 2.06 bits per heavy atom. The van der Waals surface area contributed by atoms with Crippen LogP contribution in [0.4, 0.5) is 16.6 Å². The van der Waals surface area contributed by atoms with E-state index in [9.17, 15) is 4.79 Å². The monoisotopic (exact) mass is 512 g/mol. The second-order valence-electron chi connectivity index (χ2n) is 7.80. The van der Waals surface area contributed by atoms with E-state index in [1.807, 2.05) is 24.3 Å². The van der Waals surface area contributed by atoms with E-state index in [1.54, 1.807) is 13.1 Å². The number of rotatable bonds is 5. The quantitative estimate of drug-likeness (QED) is 0.366. The molecule has 5 rings (SSSR count). The largest absolute Gasteiger partial charge is 0.465 e. The summed E-state index contributed by atoms with van der Waals surface area (Å²) < 4.78 is 6.15. The van der Waals surface area contributed by atoms with Gasteiger partial charge in [-0.05, 0) is 52.7 Å². The average molecular weight is 513 g/mol. The number of benzene rings is 1. The maximum atomic E-state index is 11.1. The van der Waals surface area contributed by atoms with E-state index in [1.165, 1.54) is 4.90 Å². The molecule has 4 aromatic rings. The summed E-state index contributed by atoms with van der Waals surface area (Å²) in [6.07, 6.45) is 0.889. The molecule has 3 aromatic heterocycles. The van der Waals surface area contributed by atoms with Gasteiger partial charge >= 0.3 is 6.09 Å². The molecule has 0 saturated carbocycles. The standard InChI is InChI=1S/C21H21BrN8O3/c1-12-24-19(33-28-12)13-2-3-16-17(8-13)26-20(25-16)27-18-9-14(15(22)10-23-18)11-29-4-6-30(7-5-29)21(31)32/h2-3,8-10H,4-7,11H2,1H3,(H,31,32)(H2,23,25,26,27). The number of aryl methyl sites for hydroxylation is 1. The van der Waals surface area contributed by atoms with Crippen LogP contribution in [0.2, 0.25) is 0 Å². The zero-order valence-electron chi connectivity index (χ0n) is 17.7. The number of piperazine rings is 1.